The van der Waals surface area contributed by atoms with Crippen molar-refractivity contribution in [2.24, 2.45) is 0 Å². The third kappa shape index (κ3) is 4.24. The lowest BCUT2D eigenvalue weighted by Crippen LogP contribution is -2.14. The number of benzene rings is 2. The van der Waals surface area contributed by atoms with Gasteiger partial charge in [0.15, 0.2) is 12.4 Å². The molecule has 0 aliphatic rings. The molecular weight excluding hydrogens is 352 g/mol. The summed E-state index contributed by atoms with van der Waals surface area (Å²) in [5, 5.41) is 7.02. The Morgan fingerprint density at radius 1 is 0.893 bits per heavy atom. The standard InChI is InChI=1S/C22H18N4O2/c27-22(24-19-10-13-23-14-11-19)21-12-15-26(25-21)16-28-20-8-6-18(7-9-20)17-4-2-1-3-5-17/h1-15H,16H2,(H,23,24,27). The third-order valence-corrected chi connectivity index (χ3v) is 4.14. The molecule has 0 aliphatic heterocycles. The van der Waals surface area contributed by atoms with E-state index in [2.05, 4.69) is 27.5 Å². The molecule has 1 N–H and O–H groups in total. The zero-order valence-corrected chi connectivity index (χ0v) is 15.0. The van der Waals surface area contributed by atoms with Gasteiger partial charge in [0.05, 0.1) is 0 Å². The van der Waals surface area contributed by atoms with Crippen molar-refractivity contribution in [1.82, 2.24) is 14.8 Å². The van der Waals surface area contributed by atoms with Crippen molar-refractivity contribution in [2.75, 3.05) is 5.32 Å². The molecule has 6 heteroatoms. The topological polar surface area (TPSA) is 69.0 Å². The summed E-state index contributed by atoms with van der Waals surface area (Å²) in [7, 11) is 0. The Balaban J connectivity index is 1.35. The van der Waals surface area contributed by atoms with E-state index in [9.17, 15) is 4.79 Å². The number of nitrogens with one attached hydrogen (secondary N) is 1. The Kier molecular flexibility index (Phi) is 5.11. The summed E-state index contributed by atoms with van der Waals surface area (Å²) in [6.45, 7) is 0.215. The monoisotopic (exact) mass is 370 g/mol. The molecule has 6 nitrogen and oxygen atoms in total. The molecule has 0 saturated heterocycles. The van der Waals surface area contributed by atoms with Crippen LogP contribution in [-0.4, -0.2) is 20.7 Å². The Hall–Kier alpha value is -3.93. The van der Waals surface area contributed by atoms with Gasteiger partial charge in [-0.3, -0.25) is 9.78 Å². The van der Waals surface area contributed by atoms with Crippen molar-refractivity contribution in [3.8, 4) is 16.9 Å². The van der Waals surface area contributed by atoms with E-state index in [1.165, 1.54) is 0 Å². The van der Waals surface area contributed by atoms with Crippen LogP contribution in [0.4, 0.5) is 5.69 Å². The Labute approximate surface area is 162 Å². The van der Waals surface area contributed by atoms with Crippen molar-refractivity contribution < 1.29 is 9.53 Å². The number of rotatable bonds is 6. The van der Waals surface area contributed by atoms with Gasteiger partial charge < -0.3 is 10.1 Å². The second-order valence-electron chi connectivity index (χ2n) is 6.09. The maximum absolute atomic E-state index is 12.2. The molecular formula is C22H18N4O2. The molecule has 1 amide bonds. The number of ether oxygens (including phenoxy) is 1. The highest BCUT2D eigenvalue weighted by Crippen LogP contribution is 2.22. The lowest BCUT2D eigenvalue weighted by atomic mass is 10.1. The minimum Gasteiger partial charge on any atom is -0.471 e. The smallest absolute Gasteiger partial charge is 0.276 e. The number of amides is 1. The van der Waals surface area contributed by atoms with Crippen LogP contribution in [0, 0.1) is 0 Å². The highest BCUT2D eigenvalue weighted by Gasteiger charge is 2.10. The van der Waals surface area contributed by atoms with Crippen LogP contribution >= 0.6 is 0 Å². The molecule has 28 heavy (non-hydrogen) atoms. The van der Waals surface area contributed by atoms with Gasteiger partial charge in [-0.2, -0.15) is 5.10 Å². The van der Waals surface area contributed by atoms with Crippen LogP contribution in [0.2, 0.25) is 0 Å². The summed E-state index contributed by atoms with van der Waals surface area (Å²) < 4.78 is 7.33. The summed E-state index contributed by atoms with van der Waals surface area (Å²) in [6, 6.07) is 23.1. The SMILES string of the molecule is O=C(Nc1ccncc1)c1ccn(COc2ccc(-c3ccccc3)cc2)n1. The molecule has 0 saturated carbocycles. The number of carbonyl (C=O) groups is 1. The summed E-state index contributed by atoms with van der Waals surface area (Å²) in [6.07, 6.45) is 4.94. The van der Waals surface area contributed by atoms with E-state index in [-0.39, 0.29) is 12.6 Å². The van der Waals surface area contributed by atoms with Gasteiger partial charge in [0, 0.05) is 24.3 Å². The Morgan fingerprint density at radius 2 is 1.61 bits per heavy atom. The molecule has 0 atom stereocenters. The first-order valence-electron chi connectivity index (χ1n) is 8.81. The fourth-order valence-electron chi connectivity index (χ4n) is 2.70. The maximum Gasteiger partial charge on any atom is 0.276 e. The molecule has 138 valence electrons. The highest BCUT2D eigenvalue weighted by atomic mass is 16.5. The van der Waals surface area contributed by atoms with E-state index < -0.39 is 0 Å². The summed E-state index contributed by atoms with van der Waals surface area (Å²) >= 11 is 0. The van der Waals surface area contributed by atoms with Gasteiger partial charge in [0.1, 0.15) is 5.75 Å². The largest absolute Gasteiger partial charge is 0.471 e. The molecule has 0 spiro atoms. The minimum absolute atomic E-state index is 0.215. The second kappa shape index (κ2) is 8.18. The van der Waals surface area contributed by atoms with E-state index in [4.69, 9.17) is 4.74 Å². The number of hydrogen-bond donors (Lipinski definition) is 1. The Morgan fingerprint density at radius 3 is 2.36 bits per heavy atom. The first-order chi connectivity index (χ1) is 13.8. The van der Waals surface area contributed by atoms with Gasteiger partial charge >= 0.3 is 0 Å². The number of aromatic nitrogens is 3. The predicted molar refractivity (Wildman–Crippen MR) is 107 cm³/mol. The van der Waals surface area contributed by atoms with Gasteiger partial charge in [0.2, 0.25) is 0 Å². The third-order valence-electron chi connectivity index (χ3n) is 4.14. The molecule has 0 radical (unpaired) electrons. The van der Waals surface area contributed by atoms with E-state index in [0.29, 0.717) is 11.4 Å². The predicted octanol–water partition coefficient (Wildman–Crippen LogP) is 4.23. The number of nitrogens with zero attached hydrogens (tertiary/aromatic N) is 3. The van der Waals surface area contributed by atoms with E-state index >= 15 is 0 Å². The van der Waals surface area contributed by atoms with E-state index in [1.807, 2.05) is 42.5 Å². The van der Waals surface area contributed by atoms with Crippen LogP contribution in [-0.2, 0) is 6.73 Å². The van der Waals surface area contributed by atoms with E-state index in [1.54, 1.807) is 41.5 Å². The lowest BCUT2D eigenvalue weighted by molar-refractivity contribution is 0.102. The fourth-order valence-corrected chi connectivity index (χ4v) is 2.70. The second-order valence-corrected chi connectivity index (χ2v) is 6.09. The number of carbonyl (C=O) groups excluding carboxylic acids is 1. The summed E-state index contributed by atoms with van der Waals surface area (Å²) in [4.78, 5) is 16.1. The molecule has 0 fully saturated rings. The van der Waals surface area contributed by atoms with Crippen LogP contribution in [0.5, 0.6) is 5.75 Å². The number of hydrogen-bond acceptors (Lipinski definition) is 4. The minimum atomic E-state index is -0.280. The van der Waals surface area contributed by atoms with Gasteiger partial charge in [-0.25, -0.2) is 4.68 Å². The summed E-state index contributed by atoms with van der Waals surface area (Å²) in [5.74, 6) is 0.454. The quantitative estimate of drug-likeness (QED) is 0.551. The first kappa shape index (κ1) is 17.5. The van der Waals surface area contributed by atoms with Gasteiger partial charge in [-0.05, 0) is 41.5 Å². The van der Waals surface area contributed by atoms with Crippen LogP contribution < -0.4 is 10.1 Å². The molecule has 2 heterocycles. The number of anilines is 1. The van der Waals surface area contributed by atoms with Crippen molar-refractivity contribution in [1.29, 1.82) is 0 Å². The summed E-state index contributed by atoms with van der Waals surface area (Å²) in [5.41, 5.74) is 3.28. The van der Waals surface area contributed by atoms with E-state index in [0.717, 1.165) is 16.9 Å². The number of pyridine rings is 1. The van der Waals surface area contributed by atoms with Crippen LogP contribution in [0.15, 0.2) is 91.4 Å². The van der Waals surface area contributed by atoms with Crippen molar-refractivity contribution in [3.63, 3.8) is 0 Å². The van der Waals surface area contributed by atoms with Crippen LogP contribution in [0.1, 0.15) is 10.5 Å². The maximum atomic E-state index is 12.2. The van der Waals surface area contributed by atoms with Gasteiger partial charge in [0.25, 0.3) is 5.91 Å². The van der Waals surface area contributed by atoms with Crippen molar-refractivity contribution in [2.45, 2.75) is 6.73 Å². The molecule has 0 aliphatic carbocycles. The van der Waals surface area contributed by atoms with Gasteiger partial charge in [-0.1, -0.05) is 42.5 Å². The van der Waals surface area contributed by atoms with Crippen molar-refractivity contribution in [3.05, 3.63) is 97.1 Å². The molecule has 4 aromatic rings. The normalized spacial score (nSPS) is 10.4. The van der Waals surface area contributed by atoms with Crippen LogP contribution in [0.25, 0.3) is 11.1 Å². The average Bonchev–Trinajstić information content (AvgIpc) is 3.23. The molecule has 0 bridgehead atoms. The van der Waals surface area contributed by atoms with Crippen molar-refractivity contribution >= 4 is 11.6 Å². The molecule has 2 aromatic heterocycles. The first-order valence-corrected chi connectivity index (χ1v) is 8.81. The molecule has 2 aromatic carbocycles. The van der Waals surface area contributed by atoms with Gasteiger partial charge in [-0.15, -0.1) is 0 Å². The fraction of sp³-hybridized carbons (Fsp3) is 0.0455. The molecule has 0 unspecified atom stereocenters. The zero-order chi connectivity index (χ0) is 19.2. The zero-order valence-electron chi connectivity index (χ0n) is 15.0. The average molecular weight is 370 g/mol. The lowest BCUT2D eigenvalue weighted by Gasteiger charge is -2.07. The molecule has 4 rings (SSSR count). The highest BCUT2D eigenvalue weighted by molar-refractivity contribution is 6.02. The van der Waals surface area contributed by atoms with Crippen LogP contribution in [0.3, 0.4) is 0 Å². The Bertz CT molecular complexity index is 1040.